The minimum atomic E-state index is 0.773. The van der Waals surface area contributed by atoms with E-state index in [1.807, 2.05) is 0 Å². The molecule has 1 N–H and O–H groups in total. The summed E-state index contributed by atoms with van der Waals surface area (Å²) in [6.45, 7) is 7.07. The van der Waals surface area contributed by atoms with Crippen molar-refractivity contribution >= 4 is 0 Å². The van der Waals surface area contributed by atoms with E-state index in [1.54, 1.807) is 0 Å². The van der Waals surface area contributed by atoms with Crippen LogP contribution in [0.15, 0.2) is 0 Å². The molecule has 1 aliphatic carbocycles. The summed E-state index contributed by atoms with van der Waals surface area (Å²) in [5.74, 6) is 1.82. The summed E-state index contributed by atoms with van der Waals surface area (Å²) < 4.78 is 0. The van der Waals surface area contributed by atoms with Crippen molar-refractivity contribution in [2.45, 2.75) is 45.2 Å². The Hall–Kier alpha value is -0.0800. The van der Waals surface area contributed by atoms with Gasteiger partial charge in [0.25, 0.3) is 0 Å². The minimum Gasteiger partial charge on any atom is -0.314 e. The van der Waals surface area contributed by atoms with Crippen molar-refractivity contribution in [1.82, 2.24) is 10.2 Å². The Morgan fingerprint density at radius 2 is 2.00 bits per heavy atom. The van der Waals surface area contributed by atoms with Gasteiger partial charge in [-0.2, -0.15) is 0 Å². The molecule has 2 nitrogen and oxygen atoms in total. The third kappa shape index (κ3) is 2.29. The summed E-state index contributed by atoms with van der Waals surface area (Å²) in [6, 6.07) is 1.60. The van der Waals surface area contributed by atoms with Gasteiger partial charge in [-0.05, 0) is 38.1 Å². The Balaban J connectivity index is 1.90. The Kier molecular flexibility index (Phi) is 3.13. The second-order valence-electron chi connectivity index (χ2n) is 5.51. The van der Waals surface area contributed by atoms with E-state index in [-0.39, 0.29) is 0 Å². The molecule has 2 fully saturated rings. The fourth-order valence-electron chi connectivity index (χ4n) is 2.73. The van der Waals surface area contributed by atoms with Gasteiger partial charge in [0, 0.05) is 25.2 Å². The van der Waals surface area contributed by atoms with Gasteiger partial charge in [-0.3, -0.25) is 4.90 Å². The average Bonchev–Trinajstić information content (AvgIpc) is 2.91. The van der Waals surface area contributed by atoms with E-state index in [2.05, 4.69) is 31.1 Å². The highest BCUT2D eigenvalue weighted by Gasteiger charge is 2.38. The molecular weight excluding hydrogens is 172 g/mol. The van der Waals surface area contributed by atoms with Crippen LogP contribution < -0.4 is 5.32 Å². The van der Waals surface area contributed by atoms with Crippen molar-refractivity contribution < 1.29 is 0 Å². The van der Waals surface area contributed by atoms with Gasteiger partial charge in [0.2, 0.25) is 0 Å². The van der Waals surface area contributed by atoms with Gasteiger partial charge in [-0.1, -0.05) is 13.8 Å². The number of nitrogens with one attached hydrogen (secondary N) is 1. The lowest BCUT2D eigenvalue weighted by molar-refractivity contribution is 0.100. The fourth-order valence-corrected chi connectivity index (χ4v) is 2.73. The fraction of sp³-hybridized carbons (Fsp3) is 1.00. The lowest BCUT2D eigenvalue weighted by Crippen LogP contribution is -2.56. The van der Waals surface area contributed by atoms with Gasteiger partial charge < -0.3 is 5.32 Å². The van der Waals surface area contributed by atoms with Gasteiger partial charge in [0.05, 0.1) is 0 Å². The number of hydrogen-bond acceptors (Lipinski definition) is 2. The van der Waals surface area contributed by atoms with Crippen molar-refractivity contribution in [2.24, 2.45) is 11.8 Å². The maximum absolute atomic E-state index is 3.60. The molecule has 0 spiro atoms. The Labute approximate surface area is 88.1 Å². The largest absolute Gasteiger partial charge is 0.314 e. The zero-order valence-electron chi connectivity index (χ0n) is 9.79. The molecule has 1 unspecified atom stereocenters. The highest BCUT2D eigenvalue weighted by Crippen LogP contribution is 2.36. The van der Waals surface area contributed by atoms with Crippen LogP contribution in [0.3, 0.4) is 0 Å². The first-order valence-corrected chi connectivity index (χ1v) is 6.11. The first kappa shape index (κ1) is 10.4. The molecule has 82 valence electrons. The van der Waals surface area contributed by atoms with E-state index in [9.17, 15) is 0 Å². The average molecular weight is 196 g/mol. The number of hydrogen-bond donors (Lipinski definition) is 1. The summed E-state index contributed by atoms with van der Waals surface area (Å²) in [5.41, 5.74) is 0. The van der Waals surface area contributed by atoms with Crippen LogP contribution in [0.2, 0.25) is 0 Å². The molecule has 0 bridgehead atoms. The van der Waals surface area contributed by atoms with Crippen LogP contribution in [0.4, 0.5) is 0 Å². The molecule has 2 atom stereocenters. The summed E-state index contributed by atoms with van der Waals surface area (Å²) in [5, 5.41) is 3.60. The van der Waals surface area contributed by atoms with Crippen LogP contribution in [-0.4, -0.2) is 37.1 Å². The number of piperazine rings is 1. The number of likely N-dealkylation sites (N-methyl/N-ethyl adjacent to an activating group) is 1. The standard InChI is InChI=1S/C12H24N2/c1-9(2)6-11-7-13-8-12(14(11)3)10-4-5-10/h9-13H,4-8H2,1-3H3/t11-,12?/m1/s1. The van der Waals surface area contributed by atoms with Gasteiger partial charge in [0.15, 0.2) is 0 Å². The molecule has 0 aromatic rings. The molecule has 1 saturated heterocycles. The highest BCUT2D eigenvalue weighted by atomic mass is 15.2. The molecule has 2 rings (SSSR count). The predicted molar refractivity (Wildman–Crippen MR) is 60.4 cm³/mol. The minimum absolute atomic E-state index is 0.773. The lowest BCUT2D eigenvalue weighted by Gasteiger charge is -2.41. The molecule has 14 heavy (non-hydrogen) atoms. The predicted octanol–water partition coefficient (Wildman–Crippen LogP) is 1.71. The van der Waals surface area contributed by atoms with Crippen LogP contribution >= 0.6 is 0 Å². The Morgan fingerprint density at radius 1 is 1.29 bits per heavy atom. The summed E-state index contributed by atoms with van der Waals surface area (Å²) >= 11 is 0. The number of rotatable bonds is 3. The second kappa shape index (κ2) is 4.19. The van der Waals surface area contributed by atoms with E-state index in [0.29, 0.717) is 0 Å². The molecule has 1 heterocycles. The third-order valence-corrected chi connectivity index (χ3v) is 3.74. The normalized spacial score (nSPS) is 35.1. The first-order chi connectivity index (χ1) is 6.68. The first-order valence-electron chi connectivity index (χ1n) is 6.11. The van der Waals surface area contributed by atoms with E-state index in [0.717, 1.165) is 23.9 Å². The second-order valence-corrected chi connectivity index (χ2v) is 5.51. The molecule has 0 aromatic heterocycles. The van der Waals surface area contributed by atoms with Crippen LogP contribution in [-0.2, 0) is 0 Å². The van der Waals surface area contributed by atoms with Crippen LogP contribution in [0, 0.1) is 11.8 Å². The molecule has 0 aromatic carbocycles. The Morgan fingerprint density at radius 3 is 2.57 bits per heavy atom. The van der Waals surface area contributed by atoms with Gasteiger partial charge in [-0.15, -0.1) is 0 Å². The zero-order chi connectivity index (χ0) is 10.1. The highest BCUT2D eigenvalue weighted by molar-refractivity contribution is 4.94. The van der Waals surface area contributed by atoms with E-state index in [4.69, 9.17) is 0 Å². The van der Waals surface area contributed by atoms with Crippen molar-refractivity contribution in [3.63, 3.8) is 0 Å². The smallest absolute Gasteiger partial charge is 0.0249 e. The topological polar surface area (TPSA) is 15.3 Å². The Bertz CT molecular complexity index is 187. The van der Waals surface area contributed by atoms with Crippen LogP contribution in [0.5, 0.6) is 0 Å². The molecule has 1 saturated carbocycles. The van der Waals surface area contributed by atoms with Crippen LogP contribution in [0.1, 0.15) is 33.1 Å². The van der Waals surface area contributed by atoms with Crippen molar-refractivity contribution in [1.29, 1.82) is 0 Å². The SMILES string of the molecule is CC(C)C[C@@H]1CNCC(C2CC2)N1C. The summed E-state index contributed by atoms with van der Waals surface area (Å²) in [7, 11) is 2.33. The summed E-state index contributed by atoms with van der Waals surface area (Å²) in [6.07, 6.45) is 4.27. The van der Waals surface area contributed by atoms with E-state index < -0.39 is 0 Å². The van der Waals surface area contributed by atoms with Gasteiger partial charge in [-0.25, -0.2) is 0 Å². The van der Waals surface area contributed by atoms with E-state index >= 15 is 0 Å². The maximum Gasteiger partial charge on any atom is 0.0249 e. The van der Waals surface area contributed by atoms with Crippen LogP contribution in [0.25, 0.3) is 0 Å². The zero-order valence-corrected chi connectivity index (χ0v) is 9.79. The molecular formula is C12H24N2. The van der Waals surface area contributed by atoms with E-state index in [1.165, 1.54) is 32.4 Å². The van der Waals surface area contributed by atoms with Gasteiger partial charge in [0.1, 0.15) is 0 Å². The van der Waals surface area contributed by atoms with Gasteiger partial charge >= 0.3 is 0 Å². The molecule has 0 amide bonds. The number of nitrogens with zero attached hydrogens (tertiary/aromatic N) is 1. The maximum atomic E-state index is 3.60. The quantitative estimate of drug-likeness (QED) is 0.739. The molecule has 2 heteroatoms. The molecule has 0 radical (unpaired) electrons. The molecule has 1 aliphatic heterocycles. The van der Waals surface area contributed by atoms with Crippen molar-refractivity contribution in [3.05, 3.63) is 0 Å². The monoisotopic (exact) mass is 196 g/mol. The third-order valence-electron chi connectivity index (χ3n) is 3.74. The molecule has 2 aliphatic rings. The van der Waals surface area contributed by atoms with Crippen molar-refractivity contribution in [3.8, 4) is 0 Å². The lowest BCUT2D eigenvalue weighted by atomic mass is 9.97. The summed E-state index contributed by atoms with van der Waals surface area (Å²) in [4.78, 5) is 2.65. The van der Waals surface area contributed by atoms with Crippen molar-refractivity contribution in [2.75, 3.05) is 20.1 Å².